The van der Waals surface area contributed by atoms with E-state index in [1.54, 1.807) is 12.1 Å². The summed E-state index contributed by atoms with van der Waals surface area (Å²) in [5.74, 6) is 0.228. The predicted octanol–water partition coefficient (Wildman–Crippen LogP) is 5.88. The van der Waals surface area contributed by atoms with Crippen molar-refractivity contribution in [3.05, 3.63) is 108 Å². The van der Waals surface area contributed by atoms with Gasteiger partial charge >= 0.3 is 5.97 Å². The SMILES string of the molecule is N#Cc1ccccc1COc1ccc2cc(-c3nc(OCC(=O)O)cc(-c4ccccc4)n3)ccc2c1. The largest absolute Gasteiger partial charge is 0.489 e. The van der Waals surface area contributed by atoms with Crippen LogP contribution in [0.4, 0.5) is 0 Å². The van der Waals surface area contributed by atoms with Crippen LogP contribution in [0.25, 0.3) is 33.4 Å². The number of aliphatic carboxylic acids is 1. The topological polar surface area (TPSA) is 105 Å². The summed E-state index contributed by atoms with van der Waals surface area (Å²) in [6.45, 7) is -0.198. The van der Waals surface area contributed by atoms with Crippen LogP contribution < -0.4 is 9.47 Å². The lowest BCUT2D eigenvalue weighted by Gasteiger charge is -2.11. The zero-order chi connectivity index (χ0) is 25.6. The van der Waals surface area contributed by atoms with Gasteiger partial charge in [0, 0.05) is 22.8 Å². The number of carboxylic acid groups (broad SMARTS) is 1. The first-order valence-electron chi connectivity index (χ1n) is 11.5. The maximum atomic E-state index is 11.0. The highest BCUT2D eigenvalue weighted by Gasteiger charge is 2.12. The van der Waals surface area contributed by atoms with Crippen LogP contribution in [0.1, 0.15) is 11.1 Å². The molecule has 0 saturated heterocycles. The Bertz CT molecular complexity index is 1630. The van der Waals surface area contributed by atoms with Gasteiger partial charge in [-0.05, 0) is 35.0 Å². The van der Waals surface area contributed by atoms with Crippen molar-refractivity contribution in [2.45, 2.75) is 6.61 Å². The average Bonchev–Trinajstić information content (AvgIpc) is 2.95. The van der Waals surface area contributed by atoms with Gasteiger partial charge in [-0.1, -0.05) is 66.7 Å². The third-order valence-electron chi connectivity index (χ3n) is 5.72. The first-order valence-corrected chi connectivity index (χ1v) is 11.5. The van der Waals surface area contributed by atoms with E-state index in [-0.39, 0.29) is 5.88 Å². The average molecular weight is 488 g/mol. The second-order valence-electron chi connectivity index (χ2n) is 8.24. The smallest absolute Gasteiger partial charge is 0.341 e. The summed E-state index contributed by atoms with van der Waals surface area (Å²) in [6.07, 6.45) is 0. The molecule has 0 aliphatic heterocycles. The van der Waals surface area contributed by atoms with Crippen LogP contribution in [0, 0.1) is 11.3 Å². The molecule has 0 fully saturated rings. The van der Waals surface area contributed by atoms with Crippen molar-refractivity contribution in [2.75, 3.05) is 6.61 Å². The van der Waals surface area contributed by atoms with Gasteiger partial charge in [-0.3, -0.25) is 0 Å². The molecule has 1 heterocycles. The van der Waals surface area contributed by atoms with Gasteiger partial charge in [0.25, 0.3) is 0 Å². The Labute approximate surface area is 213 Å². The highest BCUT2D eigenvalue weighted by atomic mass is 16.5. The lowest BCUT2D eigenvalue weighted by atomic mass is 10.1. The molecule has 0 saturated carbocycles. The minimum Gasteiger partial charge on any atom is -0.489 e. The second kappa shape index (κ2) is 10.6. The van der Waals surface area contributed by atoms with Crippen LogP contribution >= 0.6 is 0 Å². The monoisotopic (exact) mass is 487 g/mol. The molecule has 0 spiro atoms. The number of carboxylic acids is 1. The molecule has 5 rings (SSSR count). The second-order valence-corrected chi connectivity index (χ2v) is 8.24. The highest BCUT2D eigenvalue weighted by molar-refractivity contribution is 5.87. The van der Waals surface area contributed by atoms with E-state index in [1.807, 2.05) is 84.9 Å². The summed E-state index contributed by atoms with van der Waals surface area (Å²) >= 11 is 0. The molecule has 0 bridgehead atoms. The molecule has 5 aromatic rings. The number of hydrogen-bond acceptors (Lipinski definition) is 6. The van der Waals surface area contributed by atoms with E-state index in [2.05, 4.69) is 11.1 Å². The quantitative estimate of drug-likeness (QED) is 0.291. The number of nitriles is 1. The van der Waals surface area contributed by atoms with Crippen molar-refractivity contribution in [1.29, 1.82) is 5.26 Å². The molecule has 0 aliphatic rings. The number of rotatable bonds is 8. The van der Waals surface area contributed by atoms with E-state index in [9.17, 15) is 10.1 Å². The summed E-state index contributed by atoms with van der Waals surface area (Å²) in [4.78, 5) is 20.2. The maximum absolute atomic E-state index is 11.0. The van der Waals surface area contributed by atoms with Gasteiger partial charge in [0.05, 0.1) is 17.3 Å². The van der Waals surface area contributed by atoms with Crippen molar-refractivity contribution in [3.63, 3.8) is 0 Å². The molecule has 0 atom stereocenters. The van der Waals surface area contributed by atoms with Crippen LogP contribution in [0.2, 0.25) is 0 Å². The van der Waals surface area contributed by atoms with Crippen LogP contribution in [0.5, 0.6) is 11.6 Å². The number of ether oxygens (including phenoxy) is 2. The molecule has 0 aliphatic carbocycles. The minimum atomic E-state index is -1.08. The van der Waals surface area contributed by atoms with Crippen molar-refractivity contribution < 1.29 is 19.4 Å². The van der Waals surface area contributed by atoms with Crippen molar-refractivity contribution >= 4 is 16.7 Å². The minimum absolute atomic E-state index is 0.188. The Balaban J connectivity index is 1.44. The van der Waals surface area contributed by atoms with Crippen LogP contribution in [-0.2, 0) is 11.4 Å². The zero-order valence-corrected chi connectivity index (χ0v) is 19.7. The number of aromatic nitrogens is 2. The summed E-state index contributed by atoms with van der Waals surface area (Å²) in [5.41, 5.74) is 3.69. The van der Waals surface area contributed by atoms with E-state index in [0.29, 0.717) is 29.4 Å². The van der Waals surface area contributed by atoms with E-state index < -0.39 is 12.6 Å². The molecule has 0 unspecified atom stereocenters. The molecule has 0 amide bonds. The Morgan fingerprint density at radius 1 is 0.811 bits per heavy atom. The fourth-order valence-electron chi connectivity index (χ4n) is 3.89. The van der Waals surface area contributed by atoms with Crippen LogP contribution in [0.15, 0.2) is 97.1 Å². The van der Waals surface area contributed by atoms with E-state index in [4.69, 9.17) is 19.6 Å². The number of nitrogens with zero attached hydrogens (tertiary/aromatic N) is 3. The highest BCUT2D eigenvalue weighted by Crippen LogP contribution is 2.29. The third-order valence-corrected chi connectivity index (χ3v) is 5.72. The predicted molar refractivity (Wildman–Crippen MR) is 139 cm³/mol. The van der Waals surface area contributed by atoms with Crippen LogP contribution in [-0.4, -0.2) is 27.7 Å². The lowest BCUT2D eigenvalue weighted by molar-refractivity contribution is -0.139. The van der Waals surface area contributed by atoms with Gasteiger partial charge in [-0.25, -0.2) is 9.78 Å². The number of hydrogen-bond donors (Lipinski definition) is 1. The fraction of sp³-hybridized carbons (Fsp3) is 0.0667. The Kier molecular flexibility index (Phi) is 6.73. The maximum Gasteiger partial charge on any atom is 0.341 e. The Morgan fingerprint density at radius 3 is 2.38 bits per heavy atom. The van der Waals surface area contributed by atoms with Gasteiger partial charge < -0.3 is 14.6 Å². The Hall–Kier alpha value is -5.22. The van der Waals surface area contributed by atoms with Crippen LogP contribution in [0.3, 0.4) is 0 Å². The number of carbonyl (C=O) groups is 1. The van der Waals surface area contributed by atoms with Gasteiger partial charge in [-0.15, -0.1) is 0 Å². The summed E-state index contributed by atoms with van der Waals surface area (Å²) in [7, 11) is 0. The first kappa shape index (κ1) is 23.5. The van der Waals surface area contributed by atoms with E-state index in [1.165, 1.54) is 0 Å². The third kappa shape index (κ3) is 5.55. The molecular formula is C30H21N3O4. The van der Waals surface area contributed by atoms with Crippen molar-refractivity contribution in [3.8, 4) is 40.3 Å². The van der Waals surface area contributed by atoms with E-state index in [0.717, 1.165) is 27.5 Å². The normalized spacial score (nSPS) is 10.6. The van der Waals surface area contributed by atoms with Crippen molar-refractivity contribution in [1.82, 2.24) is 9.97 Å². The van der Waals surface area contributed by atoms with Gasteiger partial charge in [0.1, 0.15) is 12.4 Å². The molecule has 1 aromatic heterocycles. The van der Waals surface area contributed by atoms with Gasteiger partial charge in [0.15, 0.2) is 12.4 Å². The van der Waals surface area contributed by atoms with Gasteiger partial charge in [-0.2, -0.15) is 10.2 Å². The molecule has 37 heavy (non-hydrogen) atoms. The van der Waals surface area contributed by atoms with E-state index >= 15 is 0 Å². The van der Waals surface area contributed by atoms with Gasteiger partial charge in [0.2, 0.25) is 5.88 Å². The lowest BCUT2D eigenvalue weighted by Crippen LogP contribution is -2.11. The van der Waals surface area contributed by atoms with Crippen molar-refractivity contribution in [2.24, 2.45) is 0 Å². The molecular weight excluding hydrogens is 466 g/mol. The molecule has 7 heteroatoms. The summed E-state index contributed by atoms with van der Waals surface area (Å²) in [6, 6.07) is 32.4. The first-order chi connectivity index (χ1) is 18.1. The molecule has 7 nitrogen and oxygen atoms in total. The zero-order valence-electron chi connectivity index (χ0n) is 19.7. The molecule has 4 aromatic carbocycles. The summed E-state index contributed by atoms with van der Waals surface area (Å²) in [5, 5.41) is 20.2. The molecule has 0 radical (unpaired) electrons. The summed E-state index contributed by atoms with van der Waals surface area (Å²) < 4.78 is 11.3. The standard InChI is InChI=1S/C30H21N3O4/c31-17-24-8-4-5-9-25(24)18-36-26-13-12-21-14-23(11-10-22(21)15-26)30-32-27(20-6-2-1-3-7-20)16-28(33-30)37-19-29(34)35/h1-16H,18-19H2,(H,34,35). The Morgan fingerprint density at radius 2 is 1.57 bits per heavy atom. The molecule has 180 valence electrons. The number of fused-ring (bicyclic) bond motifs is 1. The molecule has 1 N–H and O–H groups in total. The fourth-order valence-corrected chi connectivity index (χ4v) is 3.89. The number of benzene rings is 4.